The van der Waals surface area contributed by atoms with Crippen LogP contribution in [0.15, 0.2) is 24.3 Å². The van der Waals surface area contributed by atoms with Crippen LogP contribution in [0.3, 0.4) is 0 Å². The minimum absolute atomic E-state index is 0.0275. The molecule has 0 aromatic carbocycles. The highest BCUT2D eigenvalue weighted by Crippen LogP contribution is 2.46. The van der Waals surface area contributed by atoms with E-state index in [1.165, 1.54) is 116 Å². The molecule has 0 aliphatic heterocycles. The summed E-state index contributed by atoms with van der Waals surface area (Å²) < 4.78 is 0. The lowest BCUT2D eigenvalue weighted by Gasteiger charge is -2.20. The highest BCUT2D eigenvalue weighted by Gasteiger charge is 2.31. The van der Waals surface area contributed by atoms with E-state index in [2.05, 4.69) is 38.2 Å². The molecule has 4 heteroatoms. The van der Waals surface area contributed by atoms with Gasteiger partial charge in [0.15, 0.2) is 11.0 Å². The molecule has 0 radical (unpaired) electrons. The van der Waals surface area contributed by atoms with Crippen molar-refractivity contribution < 1.29 is 14.7 Å². The van der Waals surface area contributed by atoms with Crippen LogP contribution in [0.5, 0.6) is 0 Å². The second kappa shape index (κ2) is 34.1. The fourth-order valence-electron chi connectivity index (χ4n) is 5.59. The topological polar surface area (TPSA) is 54.4 Å². The molecule has 0 aliphatic carbocycles. The molecule has 0 fully saturated rings. The Morgan fingerprint density at radius 3 is 1.05 bits per heavy atom. The second-order valence-electron chi connectivity index (χ2n) is 12.7. The minimum atomic E-state index is -1.57. The van der Waals surface area contributed by atoms with Gasteiger partial charge in [-0.1, -0.05) is 148 Å². The lowest BCUT2D eigenvalue weighted by Crippen LogP contribution is -2.16. The smallest absolute Gasteiger partial charge is 0.164 e. The van der Waals surface area contributed by atoms with Crippen LogP contribution in [0.2, 0.25) is 0 Å². The number of aliphatic hydroxyl groups is 1. The lowest BCUT2D eigenvalue weighted by molar-refractivity contribution is -0.114. The van der Waals surface area contributed by atoms with E-state index < -0.39 is 13.8 Å². The predicted molar refractivity (Wildman–Crippen MR) is 192 cm³/mol. The van der Waals surface area contributed by atoms with Gasteiger partial charge in [-0.2, -0.15) is 0 Å². The van der Waals surface area contributed by atoms with Crippen molar-refractivity contribution in [2.45, 2.75) is 213 Å². The van der Waals surface area contributed by atoms with Gasteiger partial charge in [-0.25, -0.2) is 0 Å². The van der Waals surface area contributed by atoms with E-state index in [0.29, 0.717) is 19.3 Å². The third-order valence-corrected chi connectivity index (χ3v) is 11.0. The van der Waals surface area contributed by atoms with Gasteiger partial charge in [0.25, 0.3) is 0 Å². The molecule has 0 saturated heterocycles. The number of carbonyl (C=O) groups is 2. The zero-order valence-corrected chi connectivity index (χ0v) is 30.0. The lowest BCUT2D eigenvalue weighted by atomic mass is 10.1. The maximum atomic E-state index is 12.9. The van der Waals surface area contributed by atoms with Crippen molar-refractivity contribution in [3.05, 3.63) is 24.3 Å². The molecule has 3 nitrogen and oxygen atoms in total. The molecule has 0 amide bonds. The Bertz CT molecular complexity index is 619. The molecule has 0 spiro atoms. The molecule has 0 rings (SSSR count). The first-order chi connectivity index (χ1) is 21.1. The second-order valence-corrected chi connectivity index (χ2v) is 15.0. The van der Waals surface area contributed by atoms with Crippen LogP contribution in [0.25, 0.3) is 0 Å². The van der Waals surface area contributed by atoms with Gasteiger partial charge >= 0.3 is 0 Å². The molecular formula is C39H73O3P. The van der Waals surface area contributed by atoms with Crippen molar-refractivity contribution in [2.24, 2.45) is 0 Å². The van der Waals surface area contributed by atoms with Crippen molar-refractivity contribution in [3.63, 3.8) is 0 Å². The third kappa shape index (κ3) is 28.4. The van der Waals surface area contributed by atoms with E-state index in [1.54, 1.807) is 0 Å². The number of unbranched alkanes of at least 4 members (excludes halogenated alkanes) is 22. The molecule has 0 heterocycles. The maximum absolute atomic E-state index is 12.9. The van der Waals surface area contributed by atoms with Crippen LogP contribution < -0.4 is 0 Å². The number of carbonyl (C=O) groups excluding carboxylic acids is 2. The number of hydrogen-bond acceptors (Lipinski definition) is 3. The van der Waals surface area contributed by atoms with Crippen molar-refractivity contribution >= 4 is 19.0 Å². The number of allylic oxidation sites excluding steroid dienone is 4. The molecule has 1 N–H and O–H groups in total. The van der Waals surface area contributed by atoms with Gasteiger partial charge in [-0.05, 0) is 70.6 Å². The highest BCUT2D eigenvalue weighted by molar-refractivity contribution is 7.89. The fraction of sp³-hybridized carbons (Fsp3) is 0.846. The van der Waals surface area contributed by atoms with Crippen molar-refractivity contribution in [1.82, 2.24) is 0 Å². The highest BCUT2D eigenvalue weighted by atomic mass is 31.1. The molecule has 43 heavy (non-hydrogen) atoms. The maximum Gasteiger partial charge on any atom is 0.164 e. The van der Waals surface area contributed by atoms with Crippen LogP contribution in [0, 0.1) is 0 Å². The predicted octanol–water partition coefficient (Wildman–Crippen LogP) is 13.3. The molecular weight excluding hydrogens is 547 g/mol. The summed E-state index contributed by atoms with van der Waals surface area (Å²) in [5.74, 6) is -0.763. The monoisotopic (exact) mass is 621 g/mol. The van der Waals surface area contributed by atoms with E-state index >= 15 is 0 Å². The van der Waals surface area contributed by atoms with Crippen molar-refractivity contribution in [3.8, 4) is 0 Å². The van der Waals surface area contributed by atoms with Crippen LogP contribution in [0.1, 0.15) is 207 Å². The van der Waals surface area contributed by atoms with Gasteiger partial charge in [0.2, 0.25) is 0 Å². The summed E-state index contributed by atoms with van der Waals surface area (Å²) in [6, 6.07) is 0. The van der Waals surface area contributed by atoms with Crippen LogP contribution >= 0.6 is 7.92 Å². The first kappa shape index (κ1) is 42.2. The van der Waals surface area contributed by atoms with E-state index in [4.69, 9.17) is 0 Å². The Balaban J connectivity index is 3.87. The molecule has 0 aromatic rings. The molecule has 0 bridgehead atoms. The zero-order chi connectivity index (χ0) is 31.6. The Labute approximate surface area is 270 Å². The van der Waals surface area contributed by atoms with E-state index in [-0.39, 0.29) is 11.0 Å². The number of aliphatic hydroxyl groups excluding tert-OH is 1. The number of hydrogen-bond donors (Lipinski definition) is 1. The van der Waals surface area contributed by atoms with E-state index in [0.717, 1.165) is 51.4 Å². The summed E-state index contributed by atoms with van der Waals surface area (Å²) in [7, 11) is -1.57. The molecule has 1 atom stereocenters. The summed E-state index contributed by atoms with van der Waals surface area (Å²) in [5, 5.41) is 10.5. The third-order valence-electron chi connectivity index (χ3n) is 8.51. The molecule has 252 valence electrons. The molecule has 0 aromatic heterocycles. The molecule has 0 saturated carbocycles. The summed E-state index contributed by atoms with van der Waals surface area (Å²) in [5.41, 5.74) is 0.0550. The van der Waals surface area contributed by atoms with Gasteiger partial charge in [0.05, 0.1) is 13.8 Å². The zero-order valence-electron chi connectivity index (χ0n) is 29.1. The molecule has 1 unspecified atom stereocenters. The standard InChI is InChI=1S/C39H73O3P/c1-4-7-9-11-13-15-17-19-21-23-25-27-29-31-33-35-38(41)43(37(40)6-3)39(42)36-34-32-30-28-26-24-22-20-18-16-14-12-10-8-5-2/h19-22,37,40H,4-18,23-36H2,1-3H3. The van der Waals surface area contributed by atoms with Crippen molar-refractivity contribution in [2.75, 3.05) is 0 Å². The quantitative estimate of drug-likeness (QED) is 0.0442. The van der Waals surface area contributed by atoms with Crippen LogP contribution in [0.4, 0.5) is 0 Å². The largest absolute Gasteiger partial charge is 0.388 e. The Morgan fingerprint density at radius 2 is 0.744 bits per heavy atom. The van der Waals surface area contributed by atoms with Gasteiger partial charge in [0, 0.05) is 12.8 Å². The van der Waals surface area contributed by atoms with Gasteiger partial charge in [0.1, 0.15) is 0 Å². The van der Waals surface area contributed by atoms with Gasteiger partial charge < -0.3 is 5.11 Å². The summed E-state index contributed by atoms with van der Waals surface area (Å²) in [6.45, 7) is 6.41. The Kier molecular flexibility index (Phi) is 33.5. The number of rotatable bonds is 34. The average molecular weight is 621 g/mol. The normalized spacial score (nSPS) is 13.3. The van der Waals surface area contributed by atoms with Crippen LogP contribution in [-0.4, -0.2) is 22.0 Å². The summed E-state index contributed by atoms with van der Waals surface area (Å²) in [4.78, 5) is 25.8. The first-order valence-electron chi connectivity index (χ1n) is 18.9. The SMILES string of the molecule is CCCCCCCCC=CCCCCCCCC(=O)P(C(=O)CCCCCCCC=CCCCCCCCC)C(O)CC. The van der Waals surface area contributed by atoms with E-state index in [9.17, 15) is 14.7 Å². The fourth-order valence-corrected chi connectivity index (χ4v) is 7.70. The first-order valence-corrected chi connectivity index (χ1v) is 20.3. The van der Waals surface area contributed by atoms with Crippen molar-refractivity contribution in [1.29, 1.82) is 0 Å². The summed E-state index contributed by atoms with van der Waals surface area (Å²) in [6.07, 6.45) is 42.8. The average Bonchev–Trinajstić information content (AvgIpc) is 3.01. The minimum Gasteiger partial charge on any atom is -0.388 e. The summed E-state index contributed by atoms with van der Waals surface area (Å²) >= 11 is 0. The van der Waals surface area contributed by atoms with Gasteiger partial charge in [-0.15, -0.1) is 0 Å². The van der Waals surface area contributed by atoms with Crippen LogP contribution in [-0.2, 0) is 9.59 Å². The van der Waals surface area contributed by atoms with Gasteiger partial charge in [-0.3, -0.25) is 9.59 Å². The Morgan fingerprint density at radius 1 is 0.465 bits per heavy atom. The van der Waals surface area contributed by atoms with E-state index in [1.807, 2.05) is 6.92 Å². The molecule has 0 aliphatic rings. The Hall–Kier alpha value is -0.790.